The lowest BCUT2D eigenvalue weighted by Crippen LogP contribution is -2.37. The topological polar surface area (TPSA) is 9.23 Å². The lowest BCUT2D eigenvalue weighted by atomic mass is 9.74. The molecule has 1 saturated heterocycles. The third-order valence-electron chi connectivity index (χ3n) is 4.54. The summed E-state index contributed by atoms with van der Waals surface area (Å²) in [4.78, 5) is 0. The molecule has 0 amide bonds. The van der Waals surface area contributed by atoms with Crippen molar-refractivity contribution >= 4 is 0 Å². The highest BCUT2D eigenvalue weighted by Crippen LogP contribution is 2.44. The van der Waals surface area contributed by atoms with Crippen LogP contribution in [0.2, 0.25) is 0 Å². The highest BCUT2D eigenvalue weighted by molar-refractivity contribution is 5.22. The molecule has 1 aromatic rings. The first-order valence-electron chi connectivity index (χ1n) is 7.12. The van der Waals surface area contributed by atoms with Gasteiger partial charge in [-0.1, -0.05) is 49.4 Å². The van der Waals surface area contributed by atoms with Crippen LogP contribution in [0.5, 0.6) is 0 Å². The Labute approximate surface area is 110 Å². The van der Waals surface area contributed by atoms with E-state index in [0.717, 1.165) is 12.3 Å². The third-order valence-corrected chi connectivity index (χ3v) is 4.54. The van der Waals surface area contributed by atoms with E-state index in [0.29, 0.717) is 12.0 Å². The van der Waals surface area contributed by atoms with Gasteiger partial charge in [0.25, 0.3) is 0 Å². The normalized spacial score (nSPS) is 36.2. The van der Waals surface area contributed by atoms with Gasteiger partial charge in [0.05, 0.1) is 12.2 Å². The summed E-state index contributed by atoms with van der Waals surface area (Å²) in [6.07, 6.45) is 5.43. The SMILES string of the molecule is C=C1CC(c2ccccc2)OC2CC(C)CCC12. The molecule has 2 aliphatic rings. The number of ether oxygens (including phenoxy) is 1. The van der Waals surface area contributed by atoms with Crippen molar-refractivity contribution in [3.8, 4) is 0 Å². The summed E-state index contributed by atoms with van der Waals surface area (Å²) >= 11 is 0. The Hall–Kier alpha value is -1.08. The molecule has 1 aliphatic heterocycles. The van der Waals surface area contributed by atoms with E-state index in [1.807, 2.05) is 0 Å². The standard InChI is InChI=1S/C17H22O/c1-12-8-9-15-13(2)11-16(18-17(15)10-12)14-6-4-3-5-7-14/h3-7,12,15-17H,2,8-11H2,1H3. The van der Waals surface area contributed by atoms with Gasteiger partial charge in [0.2, 0.25) is 0 Å². The molecule has 1 nitrogen and oxygen atoms in total. The first kappa shape index (κ1) is 12.0. The molecule has 1 aromatic carbocycles. The molecule has 1 saturated carbocycles. The van der Waals surface area contributed by atoms with Gasteiger partial charge < -0.3 is 4.74 Å². The molecule has 0 N–H and O–H groups in total. The maximum Gasteiger partial charge on any atom is 0.0866 e. The second-order valence-corrected chi connectivity index (χ2v) is 5.96. The predicted octanol–water partition coefficient (Wildman–Crippen LogP) is 4.51. The Morgan fingerprint density at radius 2 is 1.94 bits per heavy atom. The van der Waals surface area contributed by atoms with E-state index in [9.17, 15) is 0 Å². The van der Waals surface area contributed by atoms with Crippen molar-refractivity contribution in [3.63, 3.8) is 0 Å². The van der Waals surface area contributed by atoms with Crippen LogP contribution in [-0.4, -0.2) is 6.10 Å². The first-order valence-corrected chi connectivity index (χ1v) is 7.12. The molecule has 0 aromatic heterocycles. The predicted molar refractivity (Wildman–Crippen MR) is 74.3 cm³/mol. The van der Waals surface area contributed by atoms with Crippen molar-refractivity contribution < 1.29 is 4.74 Å². The Morgan fingerprint density at radius 3 is 2.72 bits per heavy atom. The van der Waals surface area contributed by atoms with Gasteiger partial charge in [-0.05, 0) is 37.2 Å². The molecular weight excluding hydrogens is 220 g/mol. The summed E-state index contributed by atoms with van der Waals surface area (Å²) in [6, 6.07) is 10.6. The fourth-order valence-electron chi connectivity index (χ4n) is 3.46. The van der Waals surface area contributed by atoms with Crippen LogP contribution >= 0.6 is 0 Å². The average Bonchev–Trinajstić information content (AvgIpc) is 2.39. The zero-order chi connectivity index (χ0) is 12.5. The second-order valence-electron chi connectivity index (χ2n) is 5.96. The van der Waals surface area contributed by atoms with E-state index in [1.165, 1.54) is 30.4 Å². The fraction of sp³-hybridized carbons (Fsp3) is 0.529. The van der Waals surface area contributed by atoms with Crippen LogP contribution in [0.1, 0.15) is 44.3 Å². The largest absolute Gasteiger partial charge is 0.369 e. The van der Waals surface area contributed by atoms with E-state index >= 15 is 0 Å². The van der Waals surface area contributed by atoms with Crippen LogP contribution in [0.25, 0.3) is 0 Å². The van der Waals surface area contributed by atoms with Gasteiger partial charge in [0.1, 0.15) is 0 Å². The lowest BCUT2D eigenvalue weighted by molar-refractivity contribution is -0.0857. The number of hydrogen-bond donors (Lipinski definition) is 0. The highest BCUT2D eigenvalue weighted by Gasteiger charge is 2.37. The maximum absolute atomic E-state index is 6.36. The van der Waals surface area contributed by atoms with Crippen LogP contribution < -0.4 is 0 Å². The van der Waals surface area contributed by atoms with Crippen LogP contribution in [0, 0.1) is 11.8 Å². The number of hydrogen-bond acceptors (Lipinski definition) is 1. The number of benzene rings is 1. The van der Waals surface area contributed by atoms with Crippen molar-refractivity contribution in [1.82, 2.24) is 0 Å². The smallest absolute Gasteiger partial charge is 0.0866 e. The van der Waals surface area contributed by atoms with Gasteiger partial charge in [-0.2, -0.15) is 0 Å². The summed E-state index contributed by atoms with van der Waals surface area (Å²) in [5, 5.41) is 0. The van der Waals surface area contributed by atoms with Gasteiger partial charge in [0.15, 0.2) is 0 Å². The quantitative estimate of drug-likeness (QED) is 0.658. The minimum atomic E-state index is 0.227. The van der Waals surface area contributed by atoms with Crippen molar-refractivity contribution in [2.45, 2.75) is 44.8 Å². The van der Waals surface area contributed by atoms with Gasteiger partial charge >= 0.3 is 0 Å². The van der Waals surface area contributed by atoms with Crippen molar-refractivity contribution in [2.75, 3.05) is 0 Å². The molecule has 1 heteroatoms. The summed E-state index contributed by atoms with van der Waals surface area (Å²) in [5.74, 6) is 1.41. The number of fused-ring (bicyclic) bond motifs is 1. The van der Waals surface area contributed by atoms with E-state index in [4.69, 9.17) is 4.74 Å². The summed E-state index contributed by atoms with van der Waals surface area (Å²) in [7, 11) is 0. The molecular formula is C17H22O. The van der Waals surface area contributed by atoms with Gasteiger partial charge in [-0.15, -0.1) is 0 Å². The van der Waals surface area contributed by atoms with Crippen molar-refractivity contribution in [3.05, 3.63) is 48.0 Å². The van der Waals surface area contributed by atoms with Crippen LogP contribution in [0.4, 0.5) is 0 Å². The third kappa shape index (κ3) is 2.24. The molecule has 0 radical (unpaired) electrons. The lowest BCUT2D eigenvalue weighted by Gasteiger charge is -2.43. The molecule has 1 heterocycles. The molecule has 1 aliphatic carbocycles. The zero-order valence-electron chi connectivity index (χ0n) is 11.1. The van der Waals surface area contributed by atoms with Gasteiger partial charge in [-0.3, -0.25) is 0 Å². The molecule has 96 valence electrons. The second kappa shape index (κ2) is 4.89. The molecule has 2 fully saturated rings. The minimum Gasteiger partial charge on any atom is -0.369 e. The van der Waals surface area contributed by atoms with Crippen molar-refractivity contribution in [1.29, 1.82) is 0 Å². The highest BCUT2D eigenvalue weighted by atomic mass is 16.5. The average molecular weight is 242 g/mol. The minimum absolute atomic E-state index is 0.227. The summed E-state index contributed by atoms with van der Waals surface area (Å²) < 4.78 is 6.36. The summed E-state index contributed by atoms with van der Waals surface area (Å²) in [6.45, 7) is 6.66. The molecule has 18 heavy (non-hydrogen) atoms. The van der Waals surface area contributed by atoms with E-state index in [2.05, 4.69) is 43.8 Å². The Morgan fingerprint density at radius 1 is 1.17 bits per heavy atom. The monoisotopic (exact) mass is 242 g/mol. The van der Waals surface area contributed by atoms with Gasteiger partial charge in [-0.25, -0.2) is 0 Å². The molecule has 3 rings (SSSR count). The van der Waals surface area contributed by atoms with Crippen LogP contribution in [0.3, 0.4) is 0 Å². The number of rotatable bonds is 1. The first-order chi connectivity index (χ1) is 8.74. The van der Waals surface area contributed by atoms with Gasteiger partial charge in [0, 0.05) is 5.92 Å². The molecule has 4 atom stereocenters. The molecule has 4 unspecified atom stereocenters. The Kier molecular flexibility index (Phi) is 3.25. The molecule has 0 bridgehead atoms. The van der Waals surface area contributed by atoms with E-state index in [-0.39, 0.29) is 6.10 Å². The Bertz CT molecular complexity index is 422. The fourth-order valence-corrected chi connectivity index (χ4v) is 3.46. The van der Waals surface area contributed by atoms with Crippen LogP contribution in [-0.2, 0) is 4.74 Å². The van der Waals surface area contributed by atoms with Crippen molar-refractivity contribution in [2.24, 2.45) is 11.8 Å². The molecule has 0 spiro atoms. The Balaban J connectivity index is 1.78. The van der Waals surface area contributed by atoms with E-state index < -0.39 is 0 Å². The van der Waals surface area contributed by atoms with E-state index in [1.54, 1.807) is 0 Å². The zero-order valence-corrected chi connectivity index (χ0v) is 11.1. The van der Waals surface area contributed by atoms with Crippen LogP contribution in [0.15, 0.2) is 42.5 Å². The maximum atomic E-state index is 6.36. The summed E-state index contributed by atoms with van der Waals surface area (Å²) in [5.41, 5.74) is 2.71.